The first-order valence-electron chi connectivity index (χ1n) is 10.5. The van der Waals surface area contributed by atoms with E-state index in [1.807, 2.05) is 58.9 Å². The van der Waals surface area contributed by atoms with Gasteiger partial charge < -0.3 is 4.74 Å². The van der Waals surface area contributed by atoms with Crippen molar-refractivity contribution in [2.45, 2.75) is 32.4 Å². The zero-order valence-electron chi connectivity index (χ0n) is 17.1. The number of hydrogen-bond acceptors (Lipinski definition) is 6. The monoisotopic (exact) mass is 411 g/mol. The van der Waals surface area contributed by atoms with Crippen LogP contribution in [0.1, 0.15) is 31.2 Å². The highest BCUT2D eigenvalue weighted by Crippen LogP contribution is 2.33. The number of rotatable bonds is 3. The van der Waals surface area contributed by atoms with Gasteiger partial charge in [0.25, 0.3) is 0 Å². The van der Waals surface area contributed by atoms with E-state index in [1.165, 1.54) is 0 Å². The minimum Gasteiger partial charge on any atom is -0.356 e. The molecule has 0 saturated carbocycles. The van der Waals surface area contributed by atoms with Crippen molar-refractivity contribution in [3.05, 3.63) is 60.8 Å². The van der Waals surface area contributed by atoms with Gasteiger partial charge in [-0.2, -0.15) is 5.10 Å². The summed E-state index contributed by atoms with van der Waals surface area (Å²) in [5.41, 5.74) is 5.22. The molecule has 8 nitrogen and oxygen atoms in total. The second kappa shape index (κ2) is 7.24. The standard InChI is InChI=1S/C23H21N7O/c1-15-6-4-7-18(27-15)20-21(29-10-5-9-24-23(29)28-20)16-12-17-14-26-30(22(17)25-13-16)19-8-2-3-11-31-19/h4-7,9-10,12-14,19H,2-3,8,11H2,1H3. The molecule has 1 atom stereocenters. The molecule has 0 N–H and O–H groups in total. The Bertz CT molecular complexity index is 1400. The Kier molecular flexibility index (Phi) is 4.24. The Morgan fingerprint density at radius 2 is 2.03 bits per heavy atom. The quantitative estimate of drug-likeness (QED) is 0.442. The van der Waals surface area contributed by atoms with Crippen LogP contribution in [0.15, 0.2) is 55.1 Å². The molecule has 0 bridgehead atoms. The van der Waals surface area contributed by atoms with Gasteiger partial charge in [-0.1, -0.05) is 6.07 Å². The van der Waals surface area contributed by atoms with Crippen LogP contribution in [0.3, 0.4) is 0 Å². The summed E-state index contributed by atoms with van der Waals surface area (Å²) in [6.07, 6.45) is 10.6. The smallest absolute Gasteiger partial charge is 0.234 e. The first-order valence-corrected chi connectivity index (χ1v) is 10.5. The largest absolute Gasteiger partial charge is 0.356 e. The third kappa shape index (κ3) is 3.07. The fraction of sp³-hybridized carbons (Fsp3) is 0.261. The Morgan fingerprint density at radius 3 is 2.90 bits per heavy atom. The predicted octanol–water partition coefficient (Wildman–Crippen LogP) is 4.21. The number of hydrogen-bond donors (Lipinski definition) is 0. The number of fused-ring (bicyclic) bond motifs is 2. The predicted molar refractivity (Wildman–Crippen MR) is 116 cm³/mol. The maximum Gasteiger partial charge on any atom is 0.234 e. The van der Waals surface area contributed by atoms with Crippen LogP contribution in [0.2, 0.25) is 0 Å². The Balaban J connectivity index is 1.52. The normalized spacial score (nSPS) is 16.9. The summed E-state index contributed by atoms with van der Waals surface area (Å²) in [7, 11) is 0. The van der Waals surface area contributed by atoms with Crippen molar-refractivity contribution in [1.29, 1.82) is 0 Å². The van der Waals surface area contributed by atoms with Gasteiger partial charge in [0.05, 0.1) is 17.6 Å². The van der Waals surface area contributed by atoms with E-state index in [1.54, 1.807) is 6.20 Å². The number of aromatic nitrogens is 7. The molecule has 5 aromatic heterocycles. The zero-order chi connectivity index (χ0) is 20.8. The van der Waals surface area contributed by atoms with Crippen LogP contribution in [-0.2, 0) is 4.74 Å². The summed E-state index contributed by atoms with van der Waals surface area (Å²) < 4.78 is 9.79. The molecule has 31 heavy (non-hydrogen) atoms. The van der Waals surface area contributed by atoms with Crippen LogP contribution in [0.25, 0.3) is 39.5 Å². The molecule has 1 fully saturated rings. The highest BCUT2D eigenvalue weighted by atomic mass is 16.5. The lowest BCUT2D eigenvalue weighted by molar-refractivity contribution is -0.0370. The molecular formula is C23H21N7O. The molecule has 1 aliphatic rings. The van der Waals surface area contributed by atoms with Gasteiger partial charge in [0.1, 0.15) is 5.69 Å². The van der Waals surface area contributed by atoms with Crippen LogP contribution in [-0.4, -0.2) is 40.7 Å². The summed E-state index contributed by atoms with van der Waals surface area (Å²) in [6.45, 7) is 2.75. The number of ether oxygens (including phenoxy) is 1. The van der Waals surface area contributed by atoms with Gasteiger partial charge in [-0.15, -0.1) is 0 Å². The summed E-state index contributed by atoms with van der Waals surface area (Å²) in [5, 5.41) is 5.54. The number of pyridine rings is 2. The molecule has 6 rings (SSSR count). The fourth-order valence-electron chi connectivity index (χ4n) is 4.21. The first kappa shape index (κ1) is 18.1. The summed E-state index contributed by atoms with van der Waals surface area (Å²) in [5.74, 6) is 0.627. The average Bonchev–Trinajstić information content (AvgIpc) is 3.41. The van der Waals surface area contributed by atoms with Crippen LogP contribution < -0.4 is 0 Å². The van der Waals surface area contributed by atoms with E-state index in [4.69, 9.17) is 19.7 Å². The number of imidazole rings is 1. The van der Waals surface area contributed by atoms with Gasteiger partial charge in [-0.05, 0) is 50.5 Å². The van der Waals surface area contributed by atoms with Crippen molar-refractivity contribution in [3.8, 4) is 22.6 Å². The summed E-state index contributed by atoms with van der Waals surface area (Å²) in [6, 6.07) is 9.95. The second-order valence-electron chi connectivity index (χ2n) is 7.81. The van der Waals surface area contributed by atoms with Crippen molar-refractivity contribution in [2.24, 2.45) is 0 Å². The third-order valence-corrected chi connectivity index (χ3v) is 5.67. The molecule has 0 aliphatic carbocycles. The van der Waals surface area contributed by atoms with Gasteiger partial charge in [0.2, 0.25) is 5.78 Å². The summed E-state index contributed by atoms with van der Waals surface area (Å²) >= 11 is 0. The zero-order valence-corrected chi connectivity index (χ0v) is 17.1. The van der Waals surface area contributed by atoms with Crippen molar-refractivity contribution >= 4 is 16.8 Å². The maximum absolute atomic E-state index is 5.91. The lowest BCUT2D eigenvalue weighted by Crippen LogP contribution is -2.19. The van der Waals surface area contributed by atoms with Crippen molar-refractivity contribution in [3.63, 3.8) is 0 Å². The molecule has 0 amide bonds. The van der Waals surface area contributed by atoms with E-state index in [0.717, 1.165) is 65.2 Å². The lowest BCUT2D eigenvalue weighted by atomic mass is 10.1. The molecule has 1 saturated heterocycles. The number of nitrogens with zero attached hydrogens (tertiary/aromatic N) is 7. The SMILES string of the molecule is Cc1cccc(-c2nc3ncccn3c2-c2cnc3c(cnn3C3CCCCO3)c2)n1. The van der Waals surface area contributed by atoms with Crippen molar-refractivity contribution < 1.29 is 4.74 Å². The highest BCUT2D eigenvalue weighted by Gasteiger charge is 2.22. The van der Waals surface area contributed by atoms with Gasteiger partial charge in [0.15, 0.2) is 11.9 Å². The minimum absolute atomic E-state index is 0.0448. The van der Waals surface area contributed by atoms with Crippen LogP contribution in [0.5, 0.6) is 0 Å². The molecule has 1 unspecified atom stereocenters. The average molecular weight is 411 g/mol. The van der Waals surface area contributed by atoms with Crippen LogP contribution >= 0.6 is 0 Å². The van der Waals surface area contributed by atoms with Crippen LogP contribution in [0.4, 0.5) is 0 Å². The molecular weight excluding hydrogens is 390 g/mol. The van der Waals surface area contributed by atoms with Crippen LogP contribution in [0, 0.1) is 6.92 Å². The first-order chi connectivity index (χ1) is 15.3. The van der Waals surface area contributed by atoms with Crippen molar-refractivity contribution in [2.75, 3.05) is 6.61 Å². The van der Waals surface area contributed by atoms with E-state index in [2.05, 4.69) is 16.1 Å². The van der Waals surface area contributed by atoms with E-state index < -0.39 is 0 Å². The van der Waals surface area contributed by atoms with E-state index in [-0.39, 0.29) is 6.23 Å². The molecule has 154 valence electrons. The second-order valence-corrected chi connectivity index (χ2v) is 7.81. The Labute approximate surface area is 178 Å². The van der Waals surface area contributed by atoms with E-state index >= 15 is 0 Å². The Morgan fingerprint density at radius 1 is 1.06 bits per heavy atom. The topological polar surface area (TPSA) is 83.0 Å². The third-order valence-electron chi connectivity index (χ3n) is 5.67. The highest BCUT2D eigenvalue weighted by molar-refractivity contribution is 5.85. The van der Waals surface area contributed by atoms with Gasteiger partial charge in [0, 0.05) is 41.8 Å². The molecule has 8 heteroatoms. The maximum atomic E-state index is 5.91. The van der Waals surface area contributed by atoms with E-state index in [0.29, 0.717) is 5.78 Å². The molecule has 6 heterocycles. The molecule has 5 aromatic rings. The summed E-state index contributed by atoms with van der Waals surface area (Å²) in [4.78, 5) is 18.7. The number of aryl methyl sites for hydroxylation is 1. The minimum atomic E-state index is -0.0448. The molecule has 0 aromatic carbocycles. The fourth-order valence-corrected chi connectivity index (χ4v) is 4.21. The van der Waals surface area contributed by atoms with Crippen molar-refractivity contribution in [1.82, 2.24) is 34.1 Å². The van der Waals surface area contributed by atoms with Gasteiger partial charge >= 0.3 is 0 Å². The van der Waals surface area contributed by atoms with Gasteiger partial charge in [-0.25, -0.2) is 19.6 Å². The molecule has 0 spiro atoms. The van der Waals surface area contributed by atoms with Gasteiger partial charge in [-0.3, -0.25) is 9.38 Å². The van der Waals surface area contributed by atoms with E-state index in [9.17, 15) is 0 Å². The molecule has 1 aliphatic heterocycles. The Hall–Kier alpha value is -3.65. The lowest BCUT2D eigenvalue weighted by Gasteiger charge is -2.22. The molecule has 0 radical (unpaired) electrons.